The van der Waals surface area contributed by atoms with Crippen molar-refractivity contribution >= 4 is 30.4 Å². The molecule has 0 spiro atoms. The van der Waals surface area contributed by atoms with Gasteiger partial charge < -0.3 is 33.3 Å². The lowest BCUT2D eigenvalue weighted by atomic mass is 10.5. The van der Waals surface area contributed by atoms with Crippen molar-refractivity contribution in [1.82, 2.24) is 38.2 Å². The molecule has 0 saturated carbocycles. The predicted molar refractivity (Wildman–Crippen MR) is 209 cm³/mol. The van der Waals surface area contributed by atoms with Crippen molar-refractivity contribution < 1.29 is 28.4 Å². The second kappa shape index (κ2) is 19.3. The molecule has 7 aliphatic rings. The van der Waals surface area contributed by atoms with E-state index in [2.05, 4.69) is 52.0 Å². The van der Waals surface area contributed by atoms with Gasteiger partial charge in [-0.1, -0.05) is 18.4 Å². The third-order valence-electron chi connectivity index (χ3n) is 10.4. The second-order valence-corrected chi connectivity index (χ2v) is 25.1. The summed E-state index contributed by atoms with van der Waals surface area (Å²) >= 11 is 0. The van der Waals surface area contributed by atoms with Gasteiger partial charge in [-0.3, -0.25) is 24.2 Å². The normalized spacial score (nSPS) is 34.0. The fraction of sp³-hybridized carbons (Fsp3) is 1.00. The van der Waals surface area contributed by atoms with Crippen molar-refractivity contribution in [1.29, 1.82) is 0 Å². The molecule has 7 rings (SSSR count). The minimum absolute atomic E-state index is 0.652. The Labute approximate surface area is 312 Å². The molecule has 0 aromatic heterocycles. The highest BCUT2D eigenvalue weighted by atomic mass is 31.3. The van der Waals surface area contributed by atoms with Gasteiger partial charge in [0.15, 0.2) is 0 Å². The van der Waals surface area contributed by atoms with Crippen LogP contribution in [0.2, 0.25) is 0 Å². The molecule has 0 aliphatic carbocycles. The van der Waals surface area contributed by atoms with Crippen LogP contribution < -0.4 is 10.2 Å². The first kappa shape index (κ1) is 40.7. The Balaban J connectivity index is 1.61. The molecule has 2 atom stereocenters. The summed E-state index contributed by atoms with van der Waals surface area (Å²) < 4.78 is 71.1. The third kappa shape index (κ3) is 8.82. The van der Waals surface area contributed by atoms with Crippen LogP contribution in [0.1, 0.15) is 26.7 Å². The molecule has 0 aromatic carbocycles. The van der Waals surface area contributed by atoms with Gasteiger partial charge in [0.1, 0.15) is 0 Å². The molecule has 0 radical (unpaired) electrons. The van der Waals surface area contributed by atoms with Crippen molar-refractivity contribution in [2.24, 2.45) is 13.5 Å². The highest BCUT2D eigenvalue weighted by Gasteiger charge is 2.59. The predicted octanol–water partition coefficient (Wildman–Crippen LogP) is 3.88. The van der Waals surface area contributed by atoms with Crippen LogP contribution in [-0.2, 0) is 28.4 Å². The monoisotopic (exact) mass is 812 g/mol. The molecule has 6 saturated heterocycles. The van der Waals surface area contributed by atoms with Crippen LogP contribution in [0.15, 0.2) is 13.5 Å². The van der Waals surface area contributed by atoms with Gasteiger partial charge in [0, 0.05) is 66.4 Å². The molecule has 52 heavy (non-hydrogen) atoms. The van der Waals surface area contributed by atoms with E-state index in [0.29, 0.717) is 79.3 Å². The molecule has 22 heteroatoms. The van der Waals surface area contributed by atoms with E-state index in [1.165, 1.54) is 0 Å². The van der Waals surface area contributed by atoms with Gasteiger partial charge in [-0.05, 0) is 23.9 Å². The summed E-state index contributed by atoms with van der Waals surface area (Å²) in [5.41, 5.74) is 0. The number of nitrogens with zero attached hydrogens (tertiary/aromatic N) is 10. The van der Waals surface area contributed by atoms with E-state index in [-0.39, 0.29) is 0 Å². The average molecular weight is 813 g/mol. The Morgan fingerprint density at radius 2 is 0.885 bits per heavy atom. The van der Waals surface area contributed by atoms with Crippen molar-refractivity contribution in [3.05, 3.63) is 4.86 Å². The van der Waals surface area contributed by atoms with Crippen molar-refractivity contribution in [2.45, 2.75) is 26.7 Å². The number of morpholine rings is 6. The quantitative estimate of drug-likeness (QED) is 0.275. The minimum Gasteiger partial charge on any atom is -0.526 e. The van der Waals surface area contributed by atoms with Crippen LogP contribution in [0.5, 0.6) is 0 Å². The Morgan fingerprint density at radius 1 is 0.500 bits per heavy atom. The Bertz CT molecular complexity index is 1260. The molecule has 0 aromatic rings. The van der Waals surface area contributed by atoms with Crippen LogP contribution in [-0.4, -0.2) is 199 Å². The number of hydrogen-bond donors (Lipinski definition) is 2. The molecule has 18 nitrogen and oxygen atoms in total. The molecule has 6 fully saturated rings. The van der Waals surface area contributed by atoms with E-state index < -0.39 is 30.4 Å². The molecule has 7 aliphatic heterocycles. The van der Waals surface area contributed by atoms with Crippen molar-refractivity contribution in [3.63, 3.8) is 0 Å². The maximum Gasteiger partial charge on any atom is 0.403 e. The van der Waals surface area contributed by atoms with E-state index in [9.17, 15) is 0 Å². The van der Waals surface area contributed by atoms with E-state index in [4.69, 9.17) is 46.8 Å². The maximum atomic E-state index is 6.46. The lowest BCUT2D eigenvalue weighted by molar-refractivity contribution is 0.0551. The zero-order chi connectivity index (χ0) is 35.7. The first-order valence-corrected chi connectivity index (χ1v) is 26.1. The largest absolute Gasteiger partial charge is 0.526 e. The average Bonchev–Trinajstić information content (AvgIpc) is 3.22. The fourth-order valence-corrected chi connectivity index (χ4v) is 27.6. The lowest BCUT2D eigenvalue weighted by Crippen LogP contribution is -2.47. The zero-order valence-electron chi connectivity index (χ0n) is 31.5. The summed E-state index contributed by atoms with van der Waals surface area (Å²) in [6, 6.07) is 0. The summed E-state index contributed by atoms with van der Waals surface area (Å²) in [4.78, 5) is 6.46. The molecule has 2 N–H and O–H groups in total. The molecular formula is C30H64N12O6P4. The molecule has 0 amide bonds. The van der Waals surface area contributed by atoms with Crippen LogP contribution in [0, 0.1) is 0 Å². The highest BCUT2D eigenvalue weighted by molar-refractivity contribution is 7.91. The zero-order valence-corrected chi connectivity index (χ0v) is 35.1. The van der Waals surface area contributed by atoms with Crippen molar-refractivity contribution in [2.75, 3.05) is 171 Å². The van der Waals surface area contributed by atoms with Gasteiger partial charge in [-0.2, -0.15) is 0 Å². The summed E-state index contributed by atoms with van der Waals surface area (Å²) in [7, 11) is -11.6. The van der Waals surface area contributed by atoms with Crippen molar-refractivity contribution in [3.8, 4) is 0 Å². The molecule has 300 valence electrons. The number of rotatable bonds is 12. The second-order valence-electron chi connectivity index (χ2n) is 13.8. The number of nitrogens with one attached hydrogen (secondary N) is 2. The van der Waals surface area contributed by atoms with Gasteiger partial charge in [0.2, 0.25) is 0 Å². The van der Waals surface area contributed by atoms with E-state index in [0.717, 1.165) is 104 Å². The molecule has 7 heterocycles. The number of ether oxygens (including phenoxy) is 6. The van der Waals surface area contributed by atoms with Gasteiger partial charge in [0.05, 0.1) is 113 Å². The topological polar surface area (TPSA) is 150 Å². The maximum absolute atomic E-state index is 6.46. The summed E-state index contributed by atoms with van der Waals surface area (Å²) in [6.45, 7) is 23.0. The van der Waals surface area contributed by atoms with Crippen LogP contribution >= 0.6 is 30.4 Å². The Hall–Kier alpha value is 0.520. The van der Waals surface area contributed by atoms with Gasteiger partial charge in [-0.15, -0.1) is 9.34 Å². The summed E-state index contributed by atoms with van der Waals surface area (Å²) in [6.07, 6.45) is 1.94. The van der Waals surface area contributed by atoms with Gasteiger partial charge in [-0.25, -0.2) is 9.19 Å². The number of hydrogen-bond acceptors (Lipinski definition) is 17. The Morgan fingerprint density at radius 3 is 1.33 bits per heavy atom. The van der Waals surface area contributed by atoms with E-state index in [1.54, 1.807) is 0 Å². The highest BCUT2D eigenvalue weighted by Crippen LogP contribution is 2.88. The molecule has 0 unspecified atom stereocenters. The van der Waals surface area contributed by atoms with Crippen LogP contribution in [0.3, 0.4) is 0 Å². The smallest absolute Gasteiger partial charge is 0.403 e. The summed E-state index contributed by atoms with van der Waals surface area (Å²) in [5, 5.41) is 8.30. The molecular weight excluding hydrogens is 748 g/mol. The summed E-state index contributed by atoms with van der Waals surface area (Å²) in [5.74, 6) is 0. The third-order valence-corrected chi connectivity index (χ3v) is 26.5. The van der Waals surface area contributed by atoms with Gasteiger partial charge >= 0.3 is 7.87 Å². The van der Waals surface area contributed by atoms with E-state index in [1.807, 2.05) is 0 Å². The SMILES string of the molecule is CCCN[P@]1(N2CCOCC2)=N[P+](N2CCOCC2)(N2CCOCC2)N=[P@](NCCC)(N2CCOCC2)[N-]P(N2CCOCC2)(N2CCOCC2)=N1. The molecule has 0 bridgehead atoms. The first-order valence-electron chi connectivity index (χ1n) is 19.6. The van der Waals surface area contributed by atoms with Crippen LogP contribution in [0.4, 0.5) is 0 Å². The lowest BCUT2D eigenvalue weighted by Gasteiger charge is -2.61. The minimum atomic E-state index is -2.90. The first-order chi connectivity index (χ1) is 25.6. The Kier molecular flexibility index (Phi) is 15.1. The van der Waals surface area contributed by atoms with Gasteiger partial charge in [0.25, 0.3) is 7.51 Å². The standard InChI is InChI=1S/C30H64N12O6P4/c1-3-5-31-49(37-7-19-43-20-8-37)33-51(39-11-23-45-24-12-39,40-13-25-46-26-14-40)35-50(32-6-4-2,38-9-21-44-22-10-38)36-52(34-49,41-15-27-47-28-16-41)42-17-29-48-30-18-42/h31-32H,3-30H2,1-2H3/t49-,50-. The van der Waals surface area contributed by atoms with E-state index >= 15 is 0 Å². The fourth-order valence-electron chi connectivity index (χ4n) is 7.58. The van der Waals surface area contributed by atoms with Crippen LogP contribution in [0.25, 0.3) is 4.86 Å².